The van der Waals surface area contributed by atoms with Gasteiger partial charge in [0.15, 0.2) is 5.82 Å². The van der Waals surface area contributed by atoms with Crippen molar-refractivity contribution in [1.82, 2.24) is 19.7 Å². The fourth-order valence-electron chi connectivity index (χ4n) is 1.76. The van der Waals surface area contributed by atoms with Crippen molar-refractivity contribution in [3.63, 3.8) is 0 Å². The zero-order valence-corrected chi connectivity index (χ0v) is 14.7. The van der Waals surface area contributed by atoms with Gasteiger partial charge < -0.3 is 4.90 Å². The maximum Gasteiger partial charge on any atom is 0.209 e. The topological polar surface area (TPSA) is 34.0 Å². The van der Waals surface area contributed by atoms with Crippen molar-refractivity contribution < 1.29 is 0 Å². The molecule has 0 atom stereocenters. The monoisotopic (exact) mass is 366 g/mol. The lowest BCUT2D eigenvalue weighted by molar-refractivity contribution is 0.437. The van der Waals surface area contributed by atoms with E-state index in [0.29, 0.717) is 6.54 Å². The Morgan fingerprint density at radius 3 is 2.67 bits per heavy atom. The van der Waals surface area contributed by atoms with Gasteiger partial charge in [-0.15, -0.1) is 11.7 Å². The summed E-state index contributed by atoms with van der Waals surface area (Å²) in [5, 5.41) is 5.38. The first-order valence-electron chi connectivity index (χ1n) is 6.69. The van der Waals surface area contributed by atoms with Crippen LogP contribution in [0.3, 0.4) is 0 Å². The molecule has 1 aromatic heterocycles. The number of allylic oxidation sites excluding steroid dienone is 1. The van der Waals surface area contributed by atoms with E-state index in [2.05, 4.69) is 51.6 Å². The third-order valence-electron chi connectivity index (χ3n) is 2.83. The van der Waals surface area contributed by atoms with Crippen LogP contribution in [0.2, 0.25) is 0 Å². The first-order chi connectivity index (χ1) is 10.1. The van der Waals surface area contributed by atoms with Crippen LogP contribution in [0.4, 0.5) is 0 Å². The zero-order valence-electron chi connectivity index (χ0n) is 12.3. The summed E-state index contributed by atoms with van der Waals surface area (Å²) in [4.78, 5) is 6.81. The standard InChI is InChI=1S/C15H19BrN4S/c1-4-9-20-14(12-5-7-13(16)8-6-12)17-15(18-20)21-11-10-19(2)3/h4-8H,1,9-11H2,2-3H3. The minimum absolute atomic E-state index is 0.659. The molecular weight excluding hydrogens is 348 g/mol. The molecule has 0 amide bonds. The Labute approximate surface area is 138 Å². The molecule has 0 saturated heterocycles. The van der Waals surface area contributed by atoms with Crippen molar-refractivity contribution in [3.05, 3.63) is 41.4 Å². The molecule has 0 fully saturated rings. The Morgan fingerprint density at radius 2 is 2.05 bits per heavy atom. The summed E-state index contributed by atoms with van der Waals surface area (Å²) in [5.74, 6) is 1.86. The zero-order chi connectivity index (χ0) is 15.2. The molecule has 0 aliphatic carbocycles. The predicted molar refractivity (Wildman–Crippen MR) is 92.6 cm³/mol. The summed E-state index contributed by atoms with van der Waals surface area (Å²) >= 11 is 5.13. The quantitative estimate of drug-likeness (QED) is 0.554. The number of thioether (sulfide) groups is 1. The van der Waals surface area contributed by atoms with Crippen LogP contribution in [0.15, 0.2) is 46.5 Å². The third-order valence-corrected chi connectivity index (χ3v) is 4.17. The highest BCUT2D eigenvalue weighted by atomic mass is 79.9. The van der Waals surface area contributed by atoms with E-state index in [9.17, 15) is 0 Å². The van der Waals surface area contributed by atoms with Crippen molar-refractivity contribution >= 4 is 27.7 Å². The highest BCUT2D eigenvalue weighted by molar-refractivity contribution is 9.10. The Morgan fingerprint density at radius 1 is 1.33 bits per heavy atom. The van der Waals surface area contributed by atoms with Crippen molar-refractivity contribution in [1.29, 1.82) is 0 Å². The molecular formula is C15H19BrN4S. The number of halogens is 1. The SMILES string of the molecule is C=CCn1nc(SCCN(C)C)nc1-c1ccc(Br)cc1. The van der Waals surface area contributed by atoms with E-state index in [1.807, 2.05) is 35.0 Å². The average molecular weight is 367 g/mol. The van der Waals surface area contributed by atoms with Crippen molar-refractivity contribution in [2.24, 2.45) is 0 Å². The lowest BCUT2D eigenvalue weighted by atomic mass is 10.2. The summed E-state index contributed by atoms with van der Waals surface area (Å²) in [5.41, 5.74) is 1.06. The van der Waals surface area contributed by atoms with Crippen LogP contribution in [0.5, 0.6) is 0 Å². The van der Waals surface area contributed by atoms with Crippen LogP contribution in [0.25, 0.3) is 11.4 Å². The van der Waals surface area contributed by atoms with Gasteiger partial charge in [0.05, 0.1) is 6.54 Å². The number of rotatable bonds is 7. The van der Waals surface area contributed by atoms with E-state index < -0.39 is 0 Å². The van der Waals surface area contributed by atoms with Gasteiger partial charge in [-0.1, -0.05) is 45.9 Å². The molecule has 0 aliphatic rings. The average Bonchev–Trinajstić information content (AvgIpc) is 2.83. The second-order valence-electron chi connectivity index (χ2n) is 4.85. The van der Waals surface area contributed by atoms with Crippen LogP contribution in [-0.2, 0) is 6.54 Å². The number of aromatic nitrogens is 3. The molecule has 6 heteroatoms. The summed E-state index contributed by atoms with van der Waals surface area (Å²) in [6, 6.07) is 8.12. The molecule has 0 saturated carbocycles. The number of hydrogen-bond acceptors (Lipinski definition) is 4. The summed E-state index contributed by atoms with van der Waals surface area (Å²) in [7, 11) is 4.13. The summed E-state index contributed by atoms with van der Waals surface area (Å²) < 4.78 is 2.95. The van der Waals surface area contributed by atoms with Gasteiger partial charge in [-0.05, 0) is 26.2 Å². The molecule has 1 aromatic carbocycles. The molecule has 21 heavy (non-hydrogen) atoms. The van der Waals surface area contributed by atoms with Crippen molar-refractivity contribution in [3.8, 4) is 11.4 Å². The molecule has 0 N–H and O–H groups in total. The number of nitrogens with zero attached hydrogens (tertiary/aromatic N) is 4. The van der Waals surface area contributed by atoms with Crippen LogP contribution >= 0.6 is 27.7 Å². The van der Waals surface area contributed by atoms with E-state index >= 15 is 0 Å². The largest absolute Gasteiger partial charge is 0.309 e. The minimum atomic E-state index is 0.659. The highest BCUT2D eigenvalue weighted by Crippen LogP contribution is 2.23. The molecule has 4 nitrogen and oxygen atoms in total. The van der Waals surface area contributed by atoms with Crippen molar-refractivity contribution in [2.45, 2.75) is 11.7 Å². The Bertz CT molecular complexity index is 592. The van der Waals surface area contributed by atoms with Gasteiger partial charge in [0.2, 0.25) is 5.16 Å². The second kappa shape index (κ2) is 7.77. The van der Waals surface area contributed by atoms with E-state index in [-0.39, 0.29) is 0 Å². The third kappa shape index (κ3) is 4.69. The van der Waals surface area contributed by atoms with Gasteiger partial charge in [0.25, 0.3) is 0 Å². The summed E-state index contributed by atoms with van der Waals surface area (Å²) in [6.07, 6.45) is 1.84. The first-order valence-corrected chi connectivity index (χ1v) is 8.47. The van der Waals surface area contributed by atoms with E-state index in [1.165, 1.54) is 0 Å². The minimum Gasteiger partial charge on any atom is -0.309 e. The second-order valence-corrected chi connectivity index (χ2v) is 6.83. The predicted octanol–water partition coefficient (Wildman–Crippen LogP) is 3.55. The van der Waals surface area contributed by atoms with Gasteiger partial charge >= 0.3 is 0 Å². The molecule has 0 unspecified atom stereocenters. The molecule has 0 radical (unpaired) electrons. The van der Waals surface area contributed by atoms with Gasteiger partial charge in [0.1, 0.15) is 0 Å². The molecule has 2 aromatic rings. The Balaban J connectivity index is 2.20. The smallest absolute Gasteiger partial charge is 0.209 e. The van der Waals surface area contributed by atoms with Gasteiger partial charge in [-0.2, -0.15) is 0 Å². The van der Waals surface area contributed by atoms with Crippen molar-refractivity contribution in [2.75, 3.05) is 26.4 Å². The molecule has 2 rings (SSSR count). The normalized spacial score (nSPS) is 11.0. The van der Waals surface area contributed by atoms with Gasteiger partial charge in [0, 0.05) is 22.3 Å². The fourth-order valence-corrected chi connectivity index (χ4v) is 2.97. The molecule has 112 valence electrons. The molecule has 0 bridgehead atoms. The highest BCUT2D eigenvalue weighted by Gasteiger charge is 2.11. The maximum atomic E-state index is 4.66. The molecule has 0 aliphatic heterocycles. The number of benzene rings is 1. The van der Waals surface area contributed by atoms with Crippen LogP contribution in [0, 0.1) is 0 Å². The van der Waals surface area contributed by atoms with E-state index in [0.717, 1.165) is 33.3 Å². The van der Waals surface area contributed by atoms with E-state index in [4.69, 9.17) is 0 Å². The summed E-state index contributed by atoms with van der Waals surface area (Å²) in [6.45, 7) is 5.46. The van der Waals surface area contributed by atoms with Crippen LogP contribution < -0.4 is 0 Å². The first kappa shape index (κ1) is 16.3. The Kier molecular flexibility index (Phi) is 6.02. The fraction of sp³-hybridized carbons (Fsp3) is 0.333. The van der Waals surface area contributed by atoms with Gasteiger partial charge in [-0.3, -0.25) is 0 Å². The number of hydrogen-bond donors (Lipinski definition) is 0. The lowest BCUT2D eigenvalue weighted by Gasteiger charge is -2.06. The van der Waals surface area contributed by atoms with Crippen LogP contribution in [-0.4, -0.2) is 46.1 Å². The van der Waals surface area contributed by atoms with Crippen LogP contribution in [0.1, 0.15) is 0 Å². The maximum absolute atomic E-state index is 4.66. The van der Waals surface area contributed by atoms with Gasteiger partial charge in [-0.25, -0.2) is 9.67 Å². The Hall–Kier alpha value is -1.11. The molecule has 1 heterocycles. The lowest BCUT2D eigenvalue weighted by Crippen LogP contribution is -2.14. The van der Waals surface area contributed by atoms with E-state index in [1.54, 1.807) is 11.8 Å². The molecule has 0 spiro atoms.